The minimum Gasteiger partial charge on any atom is -0.461 e. The molecule has 1 heterocycles. The summed E-state index contributed by atoms with van der Waals surface area (Å²) >= 11 is 1.47. The van der Waals surface area contributed by atoms with E-state index in [1.54, 1.807) is 19.1 Å². The maximum absolute atomic E-state index is 13.0. The highest BCUT2D eigenvalue weighted by molar-refractivity contribution is 7.15. The van der Waals surface area contributed by atoms with E-state index in [2.05, 4.69) is 18.8 Å². The second-order valence-corrected chi connectivity index (χ2v) is 6.20. The van der Waals surface area contributed by atoms with Crippen molar-refractivity contribution in [3.8, 4) is 10.6 Å². The van der Waals surface area contributed by atoms with Crippen LogP contribution in [0.5, 0.6) is 0 Å². The molecule has 0 fully saturated rings. The normalized spacial score (nSPS) is 10.9. The minimum atomic E-state index is -0.391. The van der Waals surface area contributed by atoms with Crippen LogP contribution in [-0.2, 0) is 11.2 Å². The summed E-state index contributed by atoms with van der Waals surface area (Å²) in [4.78, 5) is 17.3. The summed E-state index contributed by atoms with van der Waals surface area (Å²) < 4.78 is 18.1. The van der Waals surface area contributed by atoms with Gasteiger partial charge in [0.05, 0.1) is 6.61 Å². The van der Waals surface area contributed by atoms with Crippen molar-refractivity contribution in [3.05, 3.63) is 40.7 Å². The summed E-state index contributed by atoms with van der Waals surface area (Å²) in [7, 11) is 0. The zero-order chi connectivity index (χ0) is 15.4. The number of benzene rings is 1. The van der Waals surface area contributed by atoms with Crippen LogP contribution in [0.2, 0.25) is 0 Å². The van der Waals surface area contributed by atoms with E-state index >= 15 is 0 Å². The summed E-state index contributed by atoms with van der Waals surface area (Å²) in [5.41, 5.74) is 1.19. The van der Waals surface area contributed by atoms with Crippen LogP contribution in [0, 0.1) is 11.7 Å². The fourth-order valence-corrected chi connectivity index (χ4v) is 3.20. The van der Waals surface area contributed by atoms with Crippen LogP contribution in [-0.4, -0.2) is 17.6 Å². The number of carbonyl (C=O) groups is 1. The molecule has 0 unspecified atom stereocenters. The van der Waals surface area contributed by atoms with Crippen LogP contribution in [0.25, 0.3) is 10.6 Å². The van der Waals surface area contributed by atoms with Crippen molar-refractivity contribution < 1.29 is 13.9 Å². The molecule has 0 spiro atoms. The van der Waals surface area contributed by atoms with E-state index in [1.165, 1.54) is 23.5 Å². The number of halogens is 1. The fraction of sp³-hybridized carbons (Fsp3) is 0.375. The van der Waals surface area contributed by atoms with Crippen molar-refractivity contribution in [1.29, 1.82) is 0 Å². The molecule has 0 atom stereocenters. The Morgan fingerprint density at radius 2 is 2.00 bits per heavy atom. The average molecular weight is 307 g/mol. The summed E-state index contributed by atoms with van der Waals surface area (Å²) in [5.74, 6) is -0.263. The second-order valence-electron chi connectivity index (χ2n) is 5.12. The number of nitrogens with zero attached hydrogens (tertiary/aromatic N) is 1. The van der Waals surface area contributed by atoms with Gasteiger partial charge in [0, 0.05) is 10.4 Å². The standard InChI is InChI=1S/C16H18FNO2S/c1-4-20-16(19)14-13(9-10(2)3)21-15(18-14)11-5-7-12(17)8-6-11/h5-8,10H,4,9H2,1-3H3. The van der Waals surface area contributed by atoms with Gasteiger partial charge in [-0.15, -0.1) is 11.3 Å². The minimum absolute atomic E-state index is 0.289. The van der Waals surface area contributed by atoms with Crippen molar-refractivity contribution in [2.75, 3.05) is 6.61 Å². The largest absolute Gasteiger partial charge is 0.461 e. The van der Waals surface area contributed by atoms with Crippen molar-refractivity contribution in [2.24, 2.45) is 5.92 Å². The van der Waals surface area contributed by atoms with Gasteiger partial charge < -0.3 is 4.74 Å². The van der Waals surface area contributed by atoms with Gasteiger partial charge in [0.15, 0.2) is 5.69 Å². The number of hydrogen-bond acceptors (Lipinski definition) is 4. The molecule has 0 N–H and O–H groups in total. The van der Waals surface area contributed by atoms with Crippen LogP contribution in [0.4, 0.5) is 4.39 Å². The Balaban J connectivity index is 2.39. The number of thiazole rings is 1. The predicted molar refractivity (Wildman–Crippen MR) is 82.0 cm³/mol. The van der Waals surface area contributed by atoms with Gasteiger partial charge in [0.1, 0.15) is 10.8 Å². The van der Waals surface area contributed by atoms with E-state index in [4.69, 9.17) is 4.74 Å². The summed E-state index contributed by atoms with van der Waals surface area (Å²) in [6, 6.07) is 6.12. The van der Waals surface area contributed by atoms with E-state index in [0.717, 1.165) is 16.9 Å². The van der Waals surface area contributed by atoms with Crippen molar-refractivity contribution >= 4 is 17.3 Å². The Morgan fingerprint density at radius 3 is 2.57 bits per heavy atom. The highest BCUT2D eigenvalue weighted by Gasteiger charge is 2.20. The van der Waals surface area contributed by atoms with Crippen molar-refractivity contribution in [3.63, 3.8) is 0 Å². The number of rotatable bonds is 5. The number of esters is 1. The monoisotopic (exact) mass is 307 g/mol. The lowest BCUT2D eigenvalue weighted by molar-refractivity contribution is 0.0519. The molecule has 1 aromatic heterocycles. The maximum atomic E-state index is 13.0. The van der Waals surface area contributed by atoms with Crippen molar-refractivity contribution in [1.82, 2.24) is 4.98 Å². The molecular weight excluding hydrogens is 289 g/mol. The topological polar surface area (TPSA) is 39.2 Å². The summed E-state index contributed by atoms with van der Waals surface area (Å²) in [6.45, 7) is 6.27. The number of ether oxygens (including phenoxy) is 1. The van der Waals surface area contributed by atoms with Crippen LogP contribution >= 0.6 is 11.3 Å². The van der Waals surface area contributed by atoms with E-state index < -0.39 is 5.97 Å². The second kappa shape index (κ2) is 6.80. The number of hydrogen-bond donors (Lipinski definition) is 0. The molecule has 0 radical (unpaired) electrons. The zero-order valence-corrected chi connectivity index (χ0v) is 13.2. The first kappa shape index (κ1) is 15.6. The molecule has 2 aromatic rings. The smallest absolute Gasteiger partial charge is 0.358 e. The van der Waals surface area contributed by atoms with Gasteiger partial charge >= 0.3 is 5.97 Å². The van der Waals surface area contributed by atoms with Gasteiger partial charge in [-0.3, -0.25) is 0 Å². The molecule has 0 aliphatic heterocycles. The Labute approximate surface area is 127 Å². The van der Waals surface area contributed by atoms with E-state index in [0.29, 0.717) is 23.2 Å². The molecule has 0 bridgehead atoms. The third-order valence-electron chi connectivity index (χ3n) is 2.85. The van der Waals surface area contributed by atoms with Crippen molar-refractivity contribution in [2.45, 2.75) is 27.2 Å². The van der Waals surface area contributed by atoms with Gasteiger partial charge in [-0.25, -0.2) is 14.2 Å². The van der Waals surface area contributed by atoms with Gasteiger partial charge in [-0.1, -0.05) is 13.8 Å². The van der Waals surface area contributed by atoms with Gasteiger partial charge in [0.25, 0.3) is 0 Å². The Kier molecular flexibility index (Phi) is 5.07. The highest BCUT2D eigenvalue weighted by Crippen LogP contribution is 2.30. The first-order valence-corrected chi connectivity index (χ1v) is 7.75. The highest BCUT2D eigenvalue weighted by atomic mass is 32.1. The Morgan fingerprint density at radius 1 is 1.33 bits per heavy atom. The first-order valence-electron chi connectivity index (χ1n) is 6.94. The van der Waals surface area contributed by atoms with E-state index in [9.17, 15) is 9.18 Å². The van der Waals surface area contributed by atoms with Crippen LogP contribution in [0.1, 0.15) is 36.1 Å². The quantitative estimate of drug-likeness (QED) is 0.772. The lowest BCUT2D eigenvalue weighted by atomic mass is 10.1. The zero-order valence-electron chi connectivity index (χ0n) is 12.4. The molecular formula is C16H18FNO2S. The summed E-state index contributed by atoms with van der Waals surface area (Å²) in [6.07, 6.45) is 0.771. The van der Waals surface area contributed by atoms with Crippen LogP contribution in [0.3, 0.4) is 0 Å². The molecule has 112 valence electrons. The van der Waals surface area contributed by atoms with Gasteiger partial charge in [0.2, 0.25) is 0 Å². The number of carbonyl (C=O) groups excluding carboxylic acids is 1. The SMILES string of the molecule is CCOC(=O)c1nc(-c2ccc(F)cc2)sc1CC(C)C. The lowest BCUT2D eigenvalue weighted by Gasteiger charge is -2.04. The third kappa shape index (κ3) is 3.88. The van der Waals surface area contributed by atoms with E-state index in [1.807, 2.05) is 0 Å². The Bertz CT molecular complexity index is 620. The molecule has 21 heavy (non-hydrogen) atoms. The first-order chi connectivity index (χ1) is 10.0. The maximum Gasteiger partial charge on any atom is 0.358 e. The molecule has 2 rings (SSSR count). The molecule has 1 aromatic carbocycles. The van der Waals surface area contributed by atoms with Crippen LogP contribution in [0.15, 0.2) is 24.3 Å². The van der Waals surface area contributed by atoms with Gasteiger partial charge in [-0.2, -0.15) is 0 Å². The molecule has 0 aliphatic carbocycles. The van der Waals surface area contributed by atoms with E-state index in [-0.39, 0.29) is 5.82 Å². The number of aromatic nitrogens is 1. The van der Waals surface area contributed by atoms with Crippen LogP contribution < -0.4 is 0 Å². The molecule has 5 heteroatoms. The molecule has 0 amide bonds. The molecule has 0 saturated carbocycles. The van der Waals surface area contributed by atoms with Gasteiger partial charge in [-0.05, 0) is 43.5 Å². The molecule has 3 nitrogen and oxygen atoms in total. The molecule has 0 aliphatic rings. The third-order valence-corrected chi connectivity index (χ3v) is 3.98. The fourth-order valence-electron chi connectivity index (χ4n) is 1.94. The predicted octanol–water partition coefficient (Wildman–Crippen LogP) is 4.32. The summed E-state index contributed by atoms with van der Waals surface area (Å²) in [5, 5.41) is 0.716. The Hall–Kier alpha value is -1.75. The lowest BCUT2D eigenvalue weighted by Crippen LogP contribution is -2.08. The molecule has 0 saturated heterocycles. The average Bonchev–Trinajstić information content (AvgIpc) is 2.83.